The molecule has 1 aliphatic rings. The molecule has 3 aromatic rings. The fourth-order valence-corrected chi connectivity index (χ4v) is 4.79. The van der Waals surface area contributed by atoms with E-state index in [4.69, 9.17) is 23.2 Å². The lowest BCUT2D eigenvalue weighted by Gasteiger charge is -2.19. The van der Waals surface area contributed by atoms with Crippen LogP contribution >= 0.6 is 23.2 Å². The van der Waals surface area contributed by atoms with Crippen molar-refractivity contribution in [1.29, 1.82) is 0 Å². The standard InChI is InChI=1S/C19H12Cl2N2O5S/c20-10-4-1-5-11(13(10)21)22-14-15(18(26)17(14)25)23-12-7-6-9-3-2-8-29(27,28)19(9)16(12)24/h1-7,22-24H,8H2. The lowest BCUT2D eigenvalue weighted by molar-refractivity contribution is 0.461. The summed E-state index contributed by atoms with van der Waals surface area (Å²) in [5.41, 5.74) is -1.15. The second-order valence-corrected chi connectivity index (χ2v) is 9.08. The van der Waals surface area contributed by atoms with E-state index in [1.165, 1.54) is 18.2 Å². The van der Waals surface area contributed by atoms with Gasteiger partial charge in [-0.2, -0.15) is 0 Å². The van der Waals surface area contributed by atoms with Crippen LogP contribution in [0.2, 0.25) is 10.0 Å². The average molecular weight is 451 g/mol. The Labute approximate surface area is 174 Å². The van der Waals surface area contributed by atoms with Gasteiger partial charge in [-0.15, -0.1) is 0 Å². The van der Waals surface area contributed by atoms with Gasteiger partial charge < -0.3 is 15.7 Å². The summed E-state index contributed by atoms with van der Waals surface area (Å²) >= 11 is 12.1. The van der Waals surface area contributed by atoms with E-state index in [0.717, 1.165) is 0 Å². The summed E-state index contributed by atoms with van der Waals surface area (Å²) in [5, 5.41) is 16.3. The highest BCUT2D eigenvalue weighted by atomic mass is 35.5. The summed E-state index contributed by atoms with van der Waals surface area (Å²) in [6.45, 7) is 0. The Morgan fingerprint density at radius 3 is 2.28 bits per heavy atom. The van der Waals surface area contributed by atoms with E-state index in [1.807, 2.05) is 0 Å². The highest BCUT2D eigenvalue weighted by molar-refractivity contribution is 7.91. The van der Waals surface area contributed by atoms with Crippen LogP contribution in [0.1, 0.15) is 5.56 Å². The molecule has 0 aliphatic carbocycles. The number of phenols is 1. The smallest absolute Gasteiger partial charge is 0.253 e. The molecule has 3 aromatic carbocycles. The summed E-state index contributed by atoms with van der Waals surface area (Å²) < 4.78 is 24.6. The molecule has 1 aliphatic heterocycles. The minimum absolute atomic E-state index is 0.0185. The lowest BCUT2D eigenvalue weighted by Crippen LogP contribution is -2.35. The van der Waals surface area contributed by atoms with Gasteiger partial charge in [-0.3, -0.25) is 9.59 Å². The van der Waals surface area contributed by atoms with E-state index in [2.05, 4.69) is 10.6 Å². The number of fused-ring (bicyclic) bond motifs is 1. The molecule has 0 saturated heterocycles. The highest BCUT2D eigenvalue weighted by Gasteiger charge is 2.28. The highest BCUT2D eigenvalue weighted by Crippen LogP contribution is 2.40. The molecule has 0 bridgehead atoms. The molecule has 0 atom stereocenters. The summed E-state index contributed by atoms with van der Waals surface area (Å²) in [6.07, 6.45) is 3.07. The number of rotatable bonds is 4. The molecule has 0 saturated carbocycles. The van der Waals surface area contributed by atoms with Crippen molar-refractivity contribution in [1.82, 2.24) is 0 Å². The van der Waals surface area contributed by atoms with Crippen LogP contribution in [0.5, 0.6) is 5.75 Å². The van der Waals surface area contributed by atoms with Gasteiger partial charge in [0.1, 0.15) is 16.3 Å². The lowest BCUT2D eigenvalue weighted by atomic mass is 10.1. The normalized spacial score (nSPS) is 14.6. The molecule has 10 heteroatoms. The third-order valence-electron chi connectivity index (χ3n) is 4.47. The Morgan fingerprint density at radius 2 is 1.59 bits per heavy atom. The number of halogens is 2. The minimum atomic E-state index is -3.71. The quantitative estimate of drug-likeness (QED) is 0.411. The SMILES string of the molecule is O=c1c(Nc2ccc3c(c2O)S(=O)(=O)CC=C3)c(Nc2cccc(Cl)c2Cl)c1=O. The van der Waals surface area contributed by atoms with Gasteiger partial charge in [0.25, 0.3) is 10.9 Å². The summed E-state index contributed by atoms with van der Waals surface area (Å²) in [6, 6.07) is 7.67. The van der Waals surface area contributed by atoms with E-state index in [1.54, 1.807) is 24.3 Å². The van der Waals surface area contributed by atoms with E-state index in [0.29, 0.717) is 11.3 Å². The molecule has 0 fully saturated rings. The number of sulfone groups is 1. The topological polar surface area (TPSA) is 113 Å². The van der Waals surface area contributed by atoms with Crippen LogP contribution in [0.15, 0.2) is 50.9 Å². The first kappa shape index (κ1) is 19.5. The molecular formula is C19H12Cl2N2O5S. The van der Waals surface area contributed by atoms with E-state index in [-0.39, 0.29) is 37.8 Å². The predicted molar refractivity (Wildman–Crippen MR) is 114 cm³/mol. The van der Waals surface area contributed by atoms with Crippen molar-refractivity contribution in [2.45, 2.75) is 4.90 Å². The largest absolute Gasteiger partial charge is 0.504 e. The number of nitrogens with one attached hydrogen (secondary N) is 2. The van der Waals surface area contributed by atoms with E-state index >= 15 is 0 Å². The molecule has 0 amide bonds. The van der Waals surface area contributed by atoms with Crippen molar-refractivity contribution in [3.05, 3.63) is 72.5 Å². The third-order valence-corrected chi connectivity index (χ3v) is 6.97. The molecule has 4 rings (SSSR count). The van der Waals surface area contributed by atoms with Gasteiger partial charge in [-0.25, -0.2) is 8.42 Å². The second-order valence-electron chi connectivity index (χ2n) is 6.32. The van der Waals surface area contributed by atoms with Crippen LogP contribution < -0.4 is 21.5 Å². The zero-order valence-electron chi connectivity index (χ0n) is 14.5. The van der Waals surface area contributed by atoms with Gasteiger partial charge >= 0.3 is 0 Å². The first-order chi connectivity index (χ1) is 13.7. The Kier molecular flexibility index (Phi) is 4.65. The molecule has 7 nitrogen and oxygen atoms in total. The summed E-state index contributed by atoms with van der Waals surface area (Å²) in [5.74, 6) is -0.761. The molecule has 1 heterocycles. The Bertz CT molecular complexity index is 1370. The van der Waals surface area contributed by atoms with Gasteiger partial charge in [0.05, 0.1) is 27.2 Å². The van der Waals surface area contributed by atoms with Gasteiger partial charge in [0.2, 0.25) is 0 Å². The van der Waals surface area contributed by atoms with Crippen molar-refractivity contribution in [3.8, 4) is 5.75 Å². The van der Waals surface area contributed by atoms with E-state index < -0.39 is 26.4 Å². The number of phenolic OH excluding ortho intramolecular Hbond substituents is 1. The zero-order chi connectivity index (χ0) is 20.9. The number of aromatic hydroxyl groups is 1. The van der Waals surface area contributed by atoms with Crippen LogP contribution in [-0.2, 0) is 9.84 Å². The average Bonchev–Trinajstić information content (AvgIpc) is 2.68. The number of hydrogen-bond donors (Lipinski definition) is 3. The number of hydrogen-bond acceptors (Lipinski definition) is 7. The van der Waals surface area contributed by atoms with Crippen molar-refractivity contribution < 1.29 is 13.5 Å². The van der Waals surface area contributed by atoms with Crippen LogP contribution in [0.25, 0.3) is 6.08 Å². The fraction of sp³-hybridized carbons (Fsp3) is 0.0526. The van der Waals surface area contributed by atoms with Crippen LogP contribution in [0.4, 0.5) is 22.7 Å². The second kappa shape index (κ2) is 6.91. The molecule has 0 aromatic heterocycles. The Hall–Kier alpha value is -2.81. The van der Waals surface area contributed by atoms with Gasteiger partial charge in [0.15, 0.2) is 15.6 Å². The Morgan fingerprint density at radius 1 is 0.931 bits per heavy atom. The molecular weight excluding hydrogens is 439 g/mol. The Balaban J connectivity index is 1.73. The van der Waals surface area contributed by atoms with Crippen LogP contribution in [0.3, 0.4) is 0 Å². The zero-order valence-corrected chi connectivity index (χ0v) is 16.8. The fourth-order valence-electron chi connectivity index (χ4n) is 3.03. The summed E-state index contributed by atoms with van der Waals surface area (Å²) in [4.78, 5) is 23.9. The molecule has 148 valence electrons. The monoisotopic (exact) mass is 450 g/mol. The molecule has 29 heavy (non-hydrogen) atoms. The third kappa shape index (κ3) is 3.19. The van der Waals surface area contributed by atoms with Gasteiger partial charge in [-0.1, -0.05) is 47.5 Å². The van der Waals surface area contributed by atoms with Crippen molar-refractivity contribution in [3.63, 3.8) is 0 Å². The van der Waals surface area contributed by atoms with Crippen LogP contribution in [-0.4, -0.2) is 19.3 Å². The first-order valence-corrected chi connectivity index (χ1v) is 10.7. The molecule has 3 N–H and O–H groups in total. The van der Waals surface area contributed by atoms with Crippen molar-refractivity contribution in [2.75, 3.05) is 16.4 Å². The first-order valence-electron chi connectivity index (χ1n) is 8.27. The van der Waals surface area contributed by atoms with Crippen molar-refractivity contribution >= 4 is 61.9 Å². The van der Waals surface area contributed by atoms with Gasteiger partial charge in [-0.05, 0) is 23.8 Å². The predicted octanol–water partition coefficient (Wildman–Crippen LogP) is 3.58. The molecule has 0 spiro atoms. The van der Waals surface area contributed by atoms with Crippen LogP contribution in [0, 0.1) is 0 Å². The van der Waals surface area contributed by atoms with Gasteiger partial charge in [0, 0.05) is 0 Å². The van der Waals surface area contributed by atoms with Crippen molar-refractivity contribution in [2.24, 2.45) is 0 Å². The minimum Gasteiger partial charge on any atom is -0.504 e. The van der Waals surface area contributed by atoms with E-state index in [9.17, 15) is 23.1 Å². The number of anilines is 4. The molecule has 0 unspecified atom stereocenters. The summed E-state index contributed by atoms with van der Waals surface area (Å²) in [7, 11) is -3.71. The maximum atomic E-state index is 12.3. The maximum absolute atomic E-state index is 12.3. The molecule has 0 radical (unpaired) electrons. The maximum Gasteiger partial charge on any atom is 0.253 e. The number of benzene rings is 2.